The van der Waals surface area contributed by atoms with Crippen LogP contribution in [0.15, 0.2) is 24.3 Å². The van der Waals surface area contributed by atoms with Crippen LogP contribution in [0, 0.1) is 0 Å². The maximum absolute atomic E-state index is 12.4. The van der Waals surface area contributed by atoms with Crippen molar-refractivity contribution < 1.29 is 19.4 Å². The third-order valence-corrected chi connectivity index (χ3v) is 4.35. The highest BCUT2D eigenvalue weighted by atomic mass is 35.5. The molecular formula is C17H20ClN3O4. The lowest BCUT2D eigenvalue weighted by atomic mass is 10.1. The van der Waals surface area contributed by atoms with Gasteiger partial charge in [-0.15, -0.1) is 0 Å². The van der Waals surface area contributed by atoms with Crippen molar-refractivity contribution in [3.05, 3.63) is 40.7 Å². The number of hydrogen-bond donors (Lipinski definition) is 2. The molecule has 134 valence electrons. The quantitative estimate of drug-likeness (QED) is 0.848. The maximum Gasteiger partial charge on any atom is 0.274 e. The molecule has 2 N–H and O–H groups in total. The summed E-state index contributed by atoms with van der Waals surface area (Å²) in [5.41, 5.74) is 0.973. The van der Waals surface area contributed by atoms with Gasteiger partial charge in [0, 0.05) is 19.2 Å². The SMILES string of the molecule is COc1ccc(OCc2cc(C(=O)N3CCCC(O)C3)n[nH]2)c(Cl)c1. The van der Waals surface area contributed by atoms with Gasteiger partial charge in [0.25, 0.3) is 5.91 Å². The lowest BCUT2D eigenvalue weighted by molar-refractivity contribution is 0.0469. The summed E-state index contributed by atoms with van der Waals surface area (Å²) in [7, 11) is 1.57. The van der Waals surface area contributed by atoms with Crippen LogP contribution >= 0.6 is 11.6 Å². The normalized spacial score (nSPS) is 17.4. The van der Waals surface area contributed by atoms with Crippen LogP contribution in [0.4, 0.5) is 0 Å². The van der Waals surface area contributed by atoms with Crippen LogP contribution in [-0.4, -0.2) is 52.4 Å². The molecule has 1 saturated heterocycles. The van der Waals surface area contributed by atoms with Gasteiger partial charge >= 0.3 is 0 Å². The molecule has 0 saturated carbocycles. The number of carbonyl (C=O) groups excluding carboxylic acids is 1. The van der Waals surface area contributed by atoms with E-state index in [9.17, 15) is 9.90 Å². The molecule has 2 aromatic rings. The summed E-state index contributed by atoms with van der Waals surface area (Å²) in [5, 5.41) is 17.0. The number of benzene rings is 1. The van der Waals surface area contributed by atoms with Crippen LogP contribution in [-0.2, 0) is 6.61 Å². The van der Waals surface area contributed by atoms with E-state index < -0.39 is 6.10 Å². The Morgan fingerprint density at radius 2 is 2.32 bits per heavy atom. The lowest BCUT2D eigenvalue weighted by Gasteiger charge is -2.29. The highest BCUT2D eigenvalue weighted by Crippen LogP contribution is 2.29. The molecule has 25 heavy (non-hydrogen) atoms. The van der Waals surface area contributed by atoms with Gasteiger partial charge in [-0.3, -0.25) is 9.89 Å². The Hall–Kier alpha value is -2.25. The monoisotopic (exact) mass is 365 g/mol. The molecule has 0 radical (unpaired) electrons. The number of nitrogens with zero attached hydrogens (tertiary/aromatic N) is 2. The summed E-state index contributed by atoms with van der Waals surface area (Å²) in [6.45, 7) is 1.18. The highest BCUT2D eigenvalue weighted by Gasteiger charge is 2.24. The average Bonchev–Trinajstić information content (AvgIpc) is 3.09. The molecule has 0 aliphatic carbocycles. The third-order valence-electron chi connectivity index (χ3n) is 4.06. The van der Waals surface area contributed by atoms with Gasteiger partial charge in [0.1, 0.15) is 18.1 Å². The van der Waals surface area contributed by atoms with Gasteiger partial charge in [-0.25, -0.2) is 0 Å². The van der Waals surface area contributed by atoms with Crippen LogP contribution in [0.1, 0.15) is 29.0 Å². The van der Waals surface area contributed by atoms with Gasteiger partial charge in [0.05, 0.1) is 23.9 Å². The third kappa shape index (κ3) is 4.24. The van der Waals surface area contributed by atoms with Gasteiger partial charge < -0.3 is 19.5 Å². The fourth-order valence-corrected chi connectivity index (χ4v) is 2.95. The molecule has 8 heteroatoms. The minimum atomic E-state index is -0.461. The Kier molecular flexibility index (Phi) is 5.45. The smallest absolute Gasteiger partial charge is 0.274 e. The first kappa shape index (κ1) is 17.6. The van der Waals surface area contributed by atoms with Crippen LogP contribution in [0.3, 0.4) is 0 Å². The fraction of sp³-hybridized carbons (Fsp3) is 0.412. The Morgan fingerprint density at radius 3 is 3.04 bits per heavy atom. The van der Waals surface area contributed by atoms with E-state index in [2.05, 4.69) is 10.2 Å². The van der Waals surface area contributed by atoms with E-state index >= 15 is 0 Å². The standard InChI is InChI=1S/C17H20ClN3O4/c1-24-13-4-5-16(14(18)8-13)25-10-11-7-15(20-19-11)17(23)21-6-2-3-12(22)9-21/h4-5,7-8,12,22H,2-3,6,9-10H2,1H3,(H,19,20). The number of halogens is 1. The van der Waals surface area contributed by atoms with Gasteiger partial charge in [-0.2, -0.15) is 5.10 Å². The predicted molar refractivity (Wildman–Crippen MR) is 92.1 cm³/mol. The van der Waals surface area contributed by atoms with Crippen molar-refractivity contribution in [2.75, 3.05) is 20.2 Å². The number of carbonyl (C=O) groups is 1. The number of amides is 1. The van der Waals surface area contributed by atoms with Crippen molar-refractivity contribution in [3.63, 3.8) is 0 Å². The number of methoxy groups -OCH3 is 1. The summed E-state index contributed by atoms with van der Waals surface area (Å²) in [6.07, 6.45) is 1.06. The number of likely N-dealkylation sites (tertiary alicyclic amines) is 1. The highest BCUT2D eigenvalue weighted by molar-refractivity contribution is 6.32. The summed E-state index contributed by atoms with van der Waals surface area (Å²) in [6, 6.07) is 6.80. The number of H-pyrrole nitrogens is 1. The van der Waals surface area contributed by atoms with E-state index in [1.807, 2.05) is 0 Å². The molecule has 1 aromatic carbocycles. The Morgan fingerprint density at radius 1 is 1.48 bits per heavy atom. The first-order valence-corrected chi connectivity index (χ1v) is 8.42. The van der Waals surface area contributed by atoms with Gasteiger partial charge in [0.15, 0.2) is 5.69 Å². The first-order chi connectivity index (χ1) is 12.1. The van der Waals surface area contributed by atoms with Crippen molar-refractivity contribution in [2.45, 2.75) is 25.6 Å². The molecule has 1 aromatic heterocycles. The van der Waals surface area contributed by atoms with Crippen LogP contribution in [0.5, 0.6) is 11.5 Å². The summed E-state index contributed by atoms with van der Waals surface area (Å²) >= 11 is 6.13. The second-order valence-electron chi connectivity index (χ2n) is 5.91. The lowest BCUT2D eigenvalue weighted by Crippen LogP contribution is -2.42. The molecule has 1 unspecified atom stereocenters. The van der Waals surface area contributed by atoms with Crippen molar-refractivity contribution in [2.24, 2.45) is 0 Å². The van der Waals surface area contributed by atoms with Crippen molar-refractivity contribution in [3.8, 4) is 11.5 Å². The van der Waals surface area contributed by atoms with Gasteiger partial charge in [0.2, 0.25) is 0 Å². The van der Waals surface area contributed by atoms with Gasteiger partial charge in [-0.05, 0) is 31.0 Å². The zero-order valence-electron chi connectivity index (χ0n) is 13.9. The largest absolute Gasteiger partial charge is 0.497 e. The molecule has 2 heterocycles. The van der Waals surface area contributed by atoms with E-state index in [4.69, 9.17) is 21.1 Å². The molecule has 0 spiro atoms. The number of aliphatic hydroxyl groups is 1. The molecule has 1 amide bonds. The number of hydrogen-bond acceptors (Lipinski definition) is 5. The second-order valence-corrected chi connectivity index (χ2v) is 6.32. The minimum Gasteiger partial charge on any atom is -0.497 e. The van der Waals surface area contributed by atoms with Gasteiger partial charge in [-0.1, -0.05) is 11.6 Å². The summed E-state index contributed by atoms with van der Waals surface area (Å²) < 4.78 is 10.7. The van der Waals surface area contributed by atoms with E-state index in [-0.39, 0.29) is 12.5 Å². The second kappa shape index (κ2) is 7.76. The molecule has 7 nitrogen and oxygen atoms in total. The molecule has 1 atom stereocenters. The molecule has 1 fully saturated rings. The molecule has 0 bridgehead atoms. The van der Waals surface area contributed by atoms with E-state index in [0.29, 0.717) is 41.0 Å². The van der Waals surface area contributed by atoms with Crippen molar-refractivity contribution >= 4 is 17.5 Å². The van der Waals surface area contributed by atoms with E-state index in [0.717, 1.165) is 12.8 Å². The Balaban J connectivity index is 1.61. The van der Waals surface area contributed by atoms with Crippen molar-refractivity contribution in [1.29, 1.82) is 0 Å². The number of piperidine rings is 1. The zero-order chi connectivity index (χ0) is 17.8. The number of β-amino-alcohol motifs (C(OH)–C–C–N with tert-alkyl or cyclic N) is 1. The number of rotatable bonds is 5. The maximum atomic E-state index is 12.4. The number of aliphatic hydroxyl groups excluding tert-OH is 1. The molecule has 3 rings (SSSR count). The number of aromatic amines is 1. The summed E-state index contributed by atoms with van der Waals surface area (Å²) in [4.78, 5) is 14.0. The topological polar surface area (TPSA) is 87.7 Å². The molecule has 1 aliphatic rings. The average molecular weight is 366 g/mol. The van der Waals surface area contributed by atoms with E-state index in [1.54, 1.807) is 36.3 Å². The number of aromatic nitrogens is 2. The fourth-order valence-electron chi connectivity index (χ4n) is 2.73. The van der Waals surface area contributed by atoms with Crippen LogP contribution in [0.2, 0.25) is 5.02 Å². The van der Waals surface area contributed by atoms with Crippen molar-refractivity contribution in [1.82, 2.24) is 15.1 Å². The minimum absolute atomic E-state index is 0.191. The molecular weight excluding hydrogens is 346 g/mol. The van der Waals surface area contributed by atoms with E-state index in [1.165, 1.54) is 0 Å². The Bertz CT molecular complexity index is 749. The number of nitrogens with one attached hydrogen (secondary N) is 1. The predicted octanol–water partition coefficient (Wildman–Crippen LogP) is 2.25. The zero-order valence-corrected chi connectivity index (χ0v) is 14.6. The first-order valence-electron chi connectivity index (χ1n) is 8.05. The summed E-state index contributed by atoms with van der Waals surface area (Å²) in [5.74, 6) is 0.975. The Labute approximate surface area is 150 Å². The van der Waals surface area contributed by atoms with Crippen LogP contribution < -0.4 is 9.47 Å². The van der Waals surface area contributed by atoms with Crippen LogP contribution in [0.25, 0.3) is 0 Å². The number of ether oxygens (including phenoxy) is 2. The molecule has 1 aliphatic heterocycles.